The van der Waals surface area contributed by atoms with Gasteiger partial charge in [0.15, 0.2) is 5.96 Å². The summed E-state index contributed by atoms with van der Waals surface area (Å²) in [5, 5.41) is 6.84. The van der Waals surface area contributed by atoms with Crippen molar-refractivity contribution in [3.05, 3.63) is 35.4 Å². The number of aliphatic imine (C=N–C) groups is 1. The minimum absolute atomic E-state index is 0.0579. The van der Waals surface area contributed by atoms with Crippen LogP contribution in [0.3, 0.4) is 0 Å². The molecular weight excluding hydrogens is 328 g/mol. The summed E-state index contributed by atoms with van der Waals surface area (Å²) in [4.78, 5) is 6.81. The van der Waals surface area contributed by atoms with Gasteiger partial charge in [0.2, 0.25) is 0 Å². The first kappa shape index (κ1) is 20.7. The van der Waals surface area contributed by atoms with Crippen molar-refractivity contribution in [1.82, 2.24) is 15.5 Å². The molecule has 0 bridgehead atoms. The topological polar surface area (TPSA) is 58.1 Å². The maximum atomic E-state index is 5.45. The van der Waals surface area contributed by atoms with Gasteiger partial charge in [-0.15, -0.1) is 0 Å². The highest BCUT2D eigenvalue weighted by Crippen LogP contribution is 2.15. The lowest BCUT2D eigenvalue weighted by atomic mass is 10.0. The Labute approximate surface area is 158 Å². The van der Waals surface area contributed by atoms with Crippen molar-refractivity contribution in [2.45, 2.75) is 39.5 Å². The van der Waals surface area contributed by atoms with Crippen LogP contribution in [0, 0.1) is 0 Å². The zero-order valence-electron chi connectivity index (χ0n) is 16.7. The average molecular weight is 363 g/mol. The third-order valence-electron chi connectivity index (χ3n) is 4.73. The lowest BCUT2D eigenvalue weighted by Crippen LogP contribution is -2.56. The fourth-order valence-corrected chi connectivity index (χ4v) is 2.96. The van der Waals surface area contributed by atoms with E-state index >= 15 is 0 Å². The van der Waals surface area contributed by atoms with Gasteiger partial charge in [-0.3, -0.25) is 9.89 Å². The molecule has 0 unspecified atom stereocenters. The van der Waals surface area contributed by atoms with Crippen LogP contribution in [0.25, 0.3) is 0 Å². The Bertz CT molecular complexity index is 551. The van der Waals surface area contributed by atoms with E-state index in [0.29, 0.717) is 6.61 Å². The second-order valence-corrected chi connectivity index (χ2v) is 7.14. The minimum atomic E-state index is 0.0579. The molecule has 0 saturated carbocycles. The summed E-state index contributed by atoms with van der Waals surface area (Å²) in [5.74, 6) is 0.824. The zero-order valence-corrected chi connectivity index (χ0v) is 16.7. The molecule has 0 amide bonds. The number of hydrogen-bond acceptors (Lipinski definition) is 4. The molecule has 26 heavy (non-hydrogen) atoms. The molecule has 0 radical (unpaired) electrons. The lowest BCUT2D eigenvalue weighted by molar-refractivity contribution is -0.00834. The maximum Gasteiger partial charge on any atom is 0.191 e. The maximum absolute atomic E-state index is 5.45. The van der Waals surface area contributed by atoms with Crippen LogP contribution in [0.15, 0.2) is 29.3 Å². The molecule has 1 aliphatic heterocycles. The predicted octanol–water partition coefficient (Wildman–Crippen LogP) is 2.00. The van der Waals surface area contributed by atoms with Gasteiger partial charge < -0.3 is 20.1 Å². The number of nitrogens with one attached hydrogen (secondary N) is 2. The highest BCUT2D eigenvalue weighted by Gasteiger charge is 2.28. The molecule has 1 heterocycles. The van der Waals surface area contributed by atoms with Gasteiger partial charge in [-0.1, -0.05) is 24.3 Å². The number of guanidine groups is 1. The van der Waals surface area contributed by atoms with Crippen molar-refractivity contribution in [3.63, 3.8) is 0 Å². The molecule has 1 aliphatic rings. The molecule has 0 aliphatic carbocycles. The van der Waals surface area contributed by atoms with Gasteiger partial charge in [0.25, 0.3) is 0 Å². The van der Waals surface area contributed by atoms with Gasteiger partial charge in [0.1, 0.15) is 0 Å². The smallest absolute Gasteiger partial charge is 0.191 e. The van der Waals surface area contributed by atoms with Crippen LogP contribution in [0.5, 0.6) is 0 Å². The SMILES string of the molecule is CCOCc1ccc(CNC(=NC)NCC(C)(C)N2CCOCC2)cc1. The Morgan fingerprint density at radius 2 is 1.81 bits per heavy atom. The molecule has 1 fully saturated rings. The summed E-state index contributed by atoms with van der Waals surface area (Å²) in [6.07, 6.45) is 0. The van der Waals surface area contributed by atoms with Crippen molar-refractivity contribution >= 4 is 5.96 Å². The Balaban J connectivity index is 1.78. The van der Waals surface area contributed by atoms with Gasteiger partial charge in [0, 0.05) is 45.4 Å². The Kier molecular flexibility index (Phi) is 8.35. The van der Waals surface area contributed by atoms with E-state index in [9.17, 15) is 0 Å². The molecule has 6 heteroatoms. The molecule has 2 N–H and O–H groups in total. The van der Waals surface area contributed by atoms with Crippen LogP contribution >= 0.6 is 0 Å². The van der Waals surface area contributed by atoms with Gasteiger partial charge in [-0.2, -0.15) is 0 Å². The predicted molar refractivity (Wildman–Crippen MR) is 106 cm³/mol. The lowest BCUT2D eigenvalue weighted by Gasteiger charge is -2.41. The molecule has 0 aromatic heterocycles. The summed E-state index contributed by atoms with van der Waals surface area (Å²) in [5.41, 5.74) is 2.48. The quantitative estimate of drug-likeness (QED) is 0.547. The van der Waals surface area contributed by atoms with E-state index in [-0.39, 0.29) is 5.54 Å². The first-order valence-corrected chi connectivity index (χ1v) is 9.48. The van der Waals surface area contributed by atoms with Crippen molar-refractivity contribution in [3.8, 4) is 0 Å². The Morgan fingerprint density at radius 1 is 1.15 bits per heavy atom. The summed E-state index contributed by atoms with van der Waals surface area (Å²) in [6.45, 7) is 13.1. The number of ether oxygens (including phenoxy) is 2. The second-order valence-electron chi connectivity index (χ2n) is 7.14. The molecule has 0 atom stereocenters. The largest absolute Gasteiger partial charge is 0.379 e. The first-order chi connectivity index (χ1) is 12.5. The van der Waals surface area contributed by atoms with Gasteiger partial charge in [0.05, 0.1) is 19.8 Å². The molecule has 1 saturated heterocycles. The highest BCUT2D eigenvalue weighted by atomic mass is 16.5. The van der Waals surface area contributed by atoms with Gasteiger partial charge in [-0.05, 0) is 31.9 Å². The Hall–Kier alpha value is -1.63. The summed E-state index contributed by atoms with van der Waals surface area (Å²) < 4.78 is 10.9. The van der Waals surface area contributed by atoms with Crippen molar-refractivity contribution < 1.29 is 9.47 Å². The van der Waals surface area contributed by atoms with Crippen LogP contribution in [-0.2, 0) is 22.6 Å². The second kappa shape index (κ2) is 10.5. The first-order valence-electron chi connectivity index (χ1n) is 9.48. The van der Waals surface area contributed by atoms with Crippen LogP contribution in [0.4, 0.5) is 0 Å². The van der Waals surface area contributed by atoms with Gasteiger partial charge >= 0.3 is 0 Å². The standard InChI is InChI=1S/C20H34N4O2/c1-5-25-15-18-8-6-17(7-9-18)14-22-19(21-4)23-16-20(2,3)24-10-12-26-13-11-24/h6-9H,5,10-16H2,1-4H3,(H2,21,22,23). The normalized spacial score (nSPS) is 16.5. The van der Waals surface area contributed by atoms with E-state index < -0.39 is 0 Å². The van der Waals surface area contributed by atoms with Crippen molar-refractivity contribution in [1.29, 1.82) is 0 Å². The van der Waals surface area contributed by atoms with E-state index in [1.165, 1.54) is 11.1 Å². The monoisotopic (exact) mass is 362 g/mol. The minimum Gasteiger partial charge on any atom is -0.379 e. The molecule has 1 aromatic rings. The third-order valence-corrected chi connectivity index (χ3v) is 4.73. The average Bonchev–Trinajstić information content (AvgIpc) is 2.68. The van der Waals surface area contributed by atoms with E-state index in [1.807, 2.05) is 14.0 Å². The fraction of sp³-hybridized carbons (Fsp3) is 0.650. The number of nitrogens with zero attached hydrogens (tertiary/aromatic N) is 2. The highest BCUT2D eigenvalue weighted by molar-refractivity contribution is 5.79. The summed E-state index contributed by atoms with van der Waals surface area (Å²) >= 11 is 0. The van der Waals surface area contributed by atoms with E-state index in [0.717, 1.165) is 52.0 Å². The third kappa shape index (κ3) is 6.59. The van der Waals surface area contributed by atoms with Crippen molar-refractivity contribution in [2.75, 3.05) is 46.5 Å². The van der Waals surface area contributed by atoms with E-state index in [1.54, 1.807) is 0 Å². The molecule has 146 valence electrons. The summed E-state index contributed by atoms with van der Waals surface area (Å²) in [6, 6.07) is 8.49. The van der Waals surface area contributed by atoms with Crippen LogP contribution in [0.2, 0.25) is 0 Å². The molecule has 2 rings (SSSR count). The van der Waals surface area contributed by atoms with Crippen molar-refractivity contribution in [2.24, 2.45) is 4.99 Å². The fourth-order valence-electron chi connectivity index (χ4n) is 2.96. The number of rotatable bonds is 8. The summed E-state index contributed by atoms with van der Waals surface area (Å²) in [7, 11) is 1.81. The van der Waals surface area contributed by atoms with Crippen LogP contribution in [-0.4, -0.2) is 62.9 Å². The van der Waals surface area contributed by atoms with E-state index in [2.05, 4.69) is 58.6 Å². The molecule has 6 nitrogen and oxygen atoms in total. The molecule has 1 aromatic carbocycles. The number of hydrogen-bond donors (Lipinski definition) is 2. The number of morpholine rings is 1. The zero-order chi connectivity index (χ0) is 18.8. The van der Waals surface area contributed by atoms with Gasteiger partial charge in [-0.25, -0.2) is 0 Å². The number of benzene rings is 1. The molecule has 0 spiro atoms. The molecular formula is C20H34N4O2. The van der Waals surface area contributed by atoms with E-state index in [4.69, 9.17) is 9.47 Å². The Morgan fingerprint density at radius 3 is 2.42 bits per heavy atom. The van der Waals surface area contributed by atoms with Crippen LogP contribution in [0.1, 0.15) is 31.9 Å². The van der Waals surface area contributed by atoms with Crippen LogP contribution < -0.4 is 10.6 Å².